The molecule has 7 heterocycles. The number of aromatic amines is 2. The molecular formula is C57H62N14O6. The number of likely N-dealkylation sites (tertiary alicyclic amines) is 2. The first-order valence-corrected chi connectivity index (χ1v) is 26.1. The van der Waals surface area contributed by atoms with Crippen LogP contribution in [0.15, 0.2) is 134 Å². The standard InChI is InChI=1S/C57H62N14O6/c1-33(2)49(62-53-56(75-5)77-53)54(72)68-29-41(70-31-45(64-66-70)37-13-9-7-10-14-37)25-47(68)51-58-27-43(60-51)39-21-17-35(18-22-39)36-19-23-40(24-20-36)44-28-59-52(61-44)48-26-42(71-32-46(65-67-71)38-15-11-8-12-16-38)30-69(48)55(73)50(34(3)4)63-57(74)76-6/h7-24,27-28,31-34,41-42,47-50,53,56,62H,25-26,29-30H2,1-6H3,(H,58,60)(H,59,61)(H,63,74)/t41?,42-,47?,48+,49+,50+,53?,56?/m1/s1. The Morgan fingerprint density at radius 2 is 1.04 bits per heavy atom. The van der Waals surface area contributed by atoms with E-state index in [-0.39, 0.29) is 54.3 Å². The number of alkyl carbamates (subject to hydrolysis) is 1. The van der Waals surface area contributed by atoms with E-state index < -0.39 is 24.2 Å². The predicted molar refractivity (Wildman–Crippen MR) is 286 cm³/mol. The minimum absolute atomic E-state index is 0.0226. The first-order chi connectivity index (χ1) is 37.4. The van der Waals surface area contributed by atoms with Crippen LogP contribution in [0.4, 0.5) is 4.79 Å². The SMILES string of the molecule is COC(=O)N[C@H](C(=O)N1C[C@H](n2cc(-c3ccccc3)nn2)C[C@H]1c1ncc(-c2ccc(-c3ccc(-c4cnc(C5CC(n6cc(-c7ccccc7)nn6)CN5C(=O)[C@@H](NC5OC5OC)C(C)C)[nH]4)cc3)cc2)[nH]1)C(C)C. The van der Waals surface area contributed by atoms with Crippen molar-refractivity contribution in [1.29, 1.82) is 0 Å². The number of ether oxygens (including phenoxy) is 3. The molecule has 0 spiro atoms. The van der Waals surface area contributed by atoms with Crippen LogP contribution in [-0.4, -0.2) is 130 Å². The number of epoxide rings is 1. The lowest BCUT2D eigenvalue weighted by atomic mass is 10.0. The number of nitrogens with zero attached hydrogens (tertiary/aromatic N) is 10. The van der Waals surface area contributed by atoms with Gasteiger partial charge in [-0.1, -0.05) is 147 Å². The molecule has 0 aliphatic carbocycles. The molecule has 3 amide bonds. The Kier molecular flexibility index (Phi) is 14.3. The van der Waals surface area contributed by atoms with Crippen molar-refractivity contribution in [3.8, 4) is 56.2 Å². The maximum Gasteiger partial charge on any atom is 0.407 e. The smallest absolute Gasteiger partial charge is 0.407 e. The number of hydrogen-bond acceptors (Lipinski definition) is 13. The number of benzene rings is 4. The molecule has 3 aliphatic rings. The Balaban J connectivity index is 0.797. The van der Waals surface area contributed by atoms with E-state index in [0.717, 1.165) is 56.2 Å². The highest BCUT2D eigenvalue weighted by molar-refractivity contribution is 5.86. The highest BCUT2D eigenvalue weighted by Gasteiger charge is 2.47. The predicted octanol–water partition coefficient (Wildman–Crippen LogP) is 8.00. The second-order valence-corrected chi connectivity index (χ2v) is 20.6. The fraction of sp³-hybridized carbons (Fsp3) is 0.351. The van der Waals surface area contributed by atoms with Gasteiger partial charge in [-0.15, -0.1) is 10.2 Å². The number of methoxy groups -OCH3 is 2. The Morgan fingerprint density at radius 3 is 1.45 bits per heavy atom. The molecule has 11 rings (SSSR count). The number of nitrogens with one attached hydrogen (secondary N) is 4. The molecule has 8 atom stereocenters. The van der Waals surface area contributed by atoms with Crippen molar-refractivity contribution in [2.75, 3.05) is 27.3 Å². The first kappa shape index (κ1) is 50.8. The molecule has 3 aliphatic heterocycles. The fourth-order valence-electron chi connectivity index (χ4n) is 10.6. The molecule has 77 heavy (non-hydrogen) atoms. The maximum atomic E-state index is 14.6. The quantitative estimate of drug-likeness (QED) is 0.0634. The molecular weight excluding hydrogens is 977 g/mol. The summed E-state index contributed by atoms with van der Waals surface area (Å²) in [4.78, 5) is 61.9. The molecule has 20 heteroatoms. The van der Waals surface area contributed by atoms with E-state index >= 15 is 0 Å². The Morgan fingerprint density at radius 1 is 0.597 bits per heavy atom. The third kappa shape index (κ3) is 10.6. The van der Waals surface area contributed by atoms with E-state index in [1.807, 2.05) is 133 Å². The summed E-state index contributed by atoms with van der Waals surface area (Å²) < 4.78 is 19.6. The molecule has 0 radical (unpaired) electrons. The van der Waals surface area contributed by atoms with Gasteiger partial charge >= 0.3 is 6.09 Å². The molecule has 20 nitrogen and oxygen atoms in total. The number of hydrogen-bond donors (Lipinski definition) is 4. The zero-order valence-electron chi connectivity index (χ0n) is 43.7. The minimum atomic E-state index is -0.818. The van der Waals surface area contributed by atoms with Gasteiger partial charge in [0.15, 0.2) is 12.5 Å². The number of H-pyrrole nitrogens is 2. The van der Waals surface area contributed by atoms with Crippen molar-refractivity contribution >= 4 is 17.9 Å². The fourth-order valence-corrected chi connectivity index (χ4v) is 10.6. The van der Waals surface area contributed by atoms with Crippen molar-refractivity contribution < 1.29 is 28.6 Å². The number of amides is 3. The second kappa shape index (κ2) is 21.7. The van der Waals surface area contributed by atoms with Crippen LogP contribution in [0.2, 0.25) is 0 Å². The van der Waals surface area contributed by atoms with Gasteiger partial charge in [0, 0.05) is 31.3 Å². The van der Waals surface area contributed by atoms with Crippen LogP contribution in [0.1, 0.15) is 76.4 Å². The lowest BCUT2D eigenvalue weighted by Crippen LogP contribution is -2.51. The number of imidazole rings is 2. The number of carbonyl (C=O) groups excluding carboxylic acids is 3. The average Bonchev–Trinajstić information content (AvgIpc) is 4.29. The zero-order chi connectivity index (χ0) is 53.3. The van der Waals surface area contributed by atoms with E-state index in [2.05, 4.69) is 77.6 Å². The largest absolute Gasteiger partial charge is 0.453 e. The second-order valence-electron chi connectivity index (χ2n) is 20.6. The molecule has 3 fully saturated rings. The minimum Gasteiger partial charge on any atom is -0.453 e. The Hall–Kier alpha value is -8.33. The van der Waals surface area contributed by atoms with Crippen LogP contribution in [0.5, 0.6) is 0 Å². The van der Waals surface area contributed by atoms with Crippen molar-refractivity contribution in [3.63, 3.8) is 0 Å². The van der Waals surface area contributed by atoms with Gasteiger partial charge in [0.2, 0.25) is 11.8 Å². The molecule has 8 aromatic rings. The van der Waals surface area contributed by atoms with Gasteiger partial charge < -0.3 is 39.3 Å². The summed E-state index contributed by atoms with van der Waals surface area (Å²) in [7, 11) is 2.87. The summed E-state index contributed by atoms with van der Waals surface area (Å²) in [6.07, 6.45) is 7.18. The summed E-state index contributed by atoms with van der Waals surface area (Å²) in [5.74, 6) is 0.805. The number of rotatable bonds is 17. The molecule has 4 aromatic carbocycles. The Bertz CT molecular complexity index is 3320. The normalized spacial score (nSPS) is 20.9. The van der Waals surface area contributed by atoms with Crippen molar-refractivity contribution in [3.05, 3.63) is 146 Å². The summed E-state index contributed by atoms with van der Waals surface area (Å²) in [5.41, 5.74) is 8.98. The third-order valence-electron chi connectivity index (χ3n) is 14.9. The van der Waals surface area contributed by atoms with Crippen LogP contribution >= 0.6 is 0 Å². The summed E-state index contributed by atoms with van der Waals surface area (Å²) >= 11 is 0. The van der Waals surface area contributed by atoms with Gasteiger partial charge in [-0.25, -0.2) is 24.1 Å². The zero-order valence-corrected chi connectivity index (χ0v) is 43.7. The highest BCUT2D eigenvalue weighted by Crippen LogP contribution is 2.41. The molecule has 0 saturated carbocycles. The van der Waals surface area contributed by atoms with Gasteiger partial charge in [-0.05, 0) is 46.9 Å². The van der Waals surface area contributed by atoms with Crippen LogP contribution in [0.3, 0.4) is 0 Å². The third-order valence-corrected chi connectivity index (χ3v) is 14.9. The molecule has 4 unspecified atom stereocenters. The van der Waals surface area contributed by atoms with Crippen molar-refractivity contribution in [2.24, 2.45) is 11.8 Å². The van der Waals surface area contributed by atoms with Crippen LogP contribution < -0.4 is 10.6 Å². The Labute approximate surface area is 445 Å². The molecule has 0 bridgehead atoms. The van der Waals surface area contributed by atoms with Crippen molar-refractivity contribution in [2.45, 2.75) is 89.3 Å². The lowest BCUT2D eigenvalue weighted by Gasteiger charge is -2.30. The molecule has 396 valence electrons. The first-order valence-electron chi connectivity index (χ1n) is 26.1. The molecule has 3 saturated heterocycles. The van der Waals surface area contributed by atoms with Gasteiger partial charge in [-0.3, -0.25) is 14.9 Å². The van der Waals surface area contributed by atoms with E-state index in [1.165, 1.54) is 7.11 Å². The number of carbonyl (C=O) groups is 3. The lowest BCUT2D eigenvalue weighted by molar-refractivity contribution is -0.136. The van der Waals surface area contributed by atoms with E-state index in [4.69, 9.17) is 24.2 Å². The summed E-state index contributed by atoms with van der Waals surface area (Å²) in [6, 6.07) is 33.9. The van der Waals surface area contributed by atoms with Gasteiger partial charge in [0.25, 0.3) is 0 Å². The summed E-state index contributed by atoms with van der Waals surface area (Å²) in [6.45, 7) is 8.59. The van der Waals surface area contributed by atoms with Crippen LogP contribution in [0, 0.1) is 11.8 Å². The number of aromatic nitrogens is 10. The highest BCUT2D eigenvalue weighted by atomic mass is 16.8. The van der Waals surface area contributed by atoms with E-state index in [9.17, 15) is 14.4 Å². The monoisotopic (exact) mass is 1040 g/mol. The average molecular weight is 1040 g/mol. The molecule has 4 N–H and O–H groups in total. The summed E-state index contributed by atoms with van der Waals surface area (Å²) in [5, 5.41) is 24.1. The van der Waals surface area contributed by atoms with E-state index in [1.54, 1.807) is 18.2 Å². The maximum absolute atomic E-state index is 14.6. The van der Waals surface area contributed by atoms with Crippen molar-refractivity contribution in [1.82, 2.24) is 70.4 Å². The van der Waals surface area contributed by atoms with Gasteiger partial charge in [-0.2, -0.15) is 0 Å². The molecule has 4 aromatic heterocycles. The van der Waals surface area contributed by atoms with Crippen LogP contribution in [-0.2, 0) is 23.8 Å². The van der Waals surface area contributed by atoms with Crippen LogP contribution in [0.25, 0.3) is 56.2 Å². The van der Waals surface area contributed by atoms with E-state index in [0.29, 0.717) is 37.6 Å². The van der Waals surface area contributed by atoms with Gasteiger partial charge in [0.1, 0.15) is 29.1 Å². The van der Waals surface area contributed by atoms with Gasteiger partial charge in [0.05, 0.1) is 73.5 Å². The topological polar surface area (TPSA) is 232 Å².